The van der Waals surface area contributed by atoms with Crippen molar-refractivity contribution >= 4 is 50.9 Å². The van der Waals surface area contributed by atoms with Crippen molar-refractivity contribution < 1.29 is 18.0 Å². The molecule has 0 saturated heterocycles. The van der Waals surface area contributed by atoms with Gasteiger partial charge in [-0.25, -0.2) is 18.1 Å². The predicted molar refractivity (Wildman–Crippen MR) is 134 cm³/mol. The zero-order valence-electron chi connectivity index (χ0n) is 19.1. The van der Waals surface area contributed by atoms with Gasteiger partial charge in [0.2, 0.25) is 21.8 Å². The lowest BCUT2D eigenvalue weighted by atomic mass is 9.98. The Morgan fingerprint density at radius 1 is 1.09 bits per heavy atom. The number of nitrogens with zero attached hydrogens (tertiary/aromatic N) is 1. The molecule has 2 aromatic rings. The molecule has 0 aliphatic heterocycles. The summed E-state index contributed by atoms with van der Waals surface area (Å²) < 4.78 is 26.0. The lowest BCUT2D eigenvalue weighted by Gasteiger charge is -2.26. The maximum absolute atomic E-state index is 13.1. The third kappa shape index (κ3) is 8.75. The summed E-state index contributed by atoms with van der Waals surface area (Å²) in [5, 5.41) is 6.14. The Kier molecular flexibility index (Phi) is 10.1. The summed E-state index contributed by atoms with van der Waals surface area (Å²) >= 11 is 12.1. The SMILES string of the molecule is CCC(C)[C@@H](NS(C)(=O)=O)C(=O)N[C@@H](Cc1ccc(Cl)c(Cl)c1)C(=O)NCc1ccc(N)nc1. The van der Waals surface area contributed by atoms with Crippen molar-refractivity contribution in [1.29, 1.82) is 0 Å². The number of anilines is 1. The lowest BCUT2D eigenvalue weighted by Crippen LogP contribution is -2.56. The molecule has 5 N–H and O–H groups in total. The first-order valence-corrected chi connectivity index (χ1v) is 13.2. The van der Waals surface area contributed by atoms with Crippen LogP contribution in [-0.4, -0.2) is 43.6 Å². The Bertz CT molecular complexity index is 1110. The highest BCUT2D eigenvalue weighted by Gasteiger charge is 2.30. The quantitative estimate of drug-likeness (QED) is 0.351. The van der Waals surface area contributed by atoms with Crippen molar-refractivity contribution in [3.8, 4) is 0 Å². The van der Waals surface area contributed by atoms with E-state index in [0.29, 0.717) is 27.8 Å². The van der Waals surface area contributed by atoms with Gasteiger partial charge in [-0.2, -0.15) is 0 Å². The molecule has 12 heteroatoms. The largest absolute Gasteiger partial charge is 0.384 e. The van der Waals surface area contributed by atoms with Gasteiger partial charge < -0.3 is 16.4 Å². The molecular formula is C22H29Cl2N5O4S. The summed E-state index contributed by atoms with van der Waals surface area (Å²) in [5.74, 6) is -1.01. The van der Waals surface area contributed by atoms with Crippen LogP contribution in [-0.2, 0) is 32.6 Å². The molecule has 0 radical (unpaired) electrons. The molecule has 1 unspecified atom stereocenters. The number of sulfonamides is 1. The van der Waals surface area contributed by atoms with Gasteiger partial charge in [-0.15, -0.1) is 0 Å². The summed E-state index contributed by atoms with van der Waals surface area (Å²) in [7, 11) is -3.66. The topological polar surface area (TPSA) is 143 Å². The first-order valence-electron chi connectivity index (χ1n) is 10.6. The number of nitrogen functional groups attached to an aromatic ring is 1. The Morgan fingerprint density at radius 2 is 1.76 bits per heavy atom. The number of benzene rings is 1. The number of aromatic nitrogens is 1. The third-order valence-corrected chi connectivity index (χ3v) is 6.63. The van der Waals surface area contributed by atoms with Crippen LogP contribution in [0.4, 0.5) is 5.82 Å². The summed E-state index contributed by atoms with van der Waals surface area (Å²) in [6.07, 6.45) is 3.18. The van der Waals surface area contributed by atoms with Crippen molar-refractivity contribution in [2.75, 3.05) is 12.0 Å². The van der Waals surface area contributed by atoms with Crippen LogP contribution in [0, 0.1) is 5.92 Å². The third-order valence-electron chi connectivity index (χ3n) is 5.21. The van der Waals surface area contributed by atoms with Crippen molar-refractivity contribution in [2.24, 2.45) is 5.92 Å². The summed E-state index contributed by atoms with van der Waals surface area (Å²) in [5.41, 5.74) is 6.97. The van der Waals surface area contributed by atoms with Gasteiger partial charge in [0.1, 0.15) is 17.9 Å². The normalized spacial score (nSPS) is 14.1. The van der Waals surface area contributed by atoms with E-state index in [9.17, 15) is 18.0 Å². The number of rotatable bonds is 11. The van der Waals surface area contributed by atoms with Gasteiger partial charge in [0, 0.05) is 19.2 Å². The van der Waals surface area contributed by atoms with E-state index in [-0.39, 0.29) is 18.9 Å². The number of nitrogens with one attached hydrogen (secondary N) is 3. The van der Waals surface area contributed by atoms with Crippen LogP contribution in [0.15, 0.2) is 36.5 Å². The van der Waals surface area contributed by atoms with Crippen LogP contribution >= 0.6 is 23.2 Å². The zero-order valence-corrected chi connectivity index (χ0v) is 21.5. The highest BCUT2D eigenvalue weighted by atomic mass is 35.5. The highest BCUT2D eigenvalue weighted by Crippen LogP contribution is 2.23. The molecule has 1 aromatic heterocycles. The first kappa shape index (κ1) is 27.8. The molecule has 2 amide bonds. The van der Waals surface area contributed by atoms with Gasteiger partial charge in [0.15, 0.2) is 0 Å². The fraction of sp³-hybridized carbons (Fsp3) is 0.409. The summed E-state index contributed by atoms with van der Waals surface area (Å²) in [6, 6.07) is 6.22. The molecule has 0 bridgehead atoms. The Labute approximate surface area is 209 Å². The van der Waals surface area contributed by atoms with Crippen LogP contribution in [0.25, 0.3) is 0 Å². The minimum absolute atomic E-state index is 0.112. The molecule has 0 spiro atoms. The summed E-state index contributed by atoms with van der Waals surface area (Å²) in [4.78, 5) is 30.1. The number of carbonyl (C=O) groups is 2. The maximum Gasteiger partial charge on any atom is 0.243 e. The molecule has 0 aliphatic carbocycles. The van der Waals surface area contributed by atoms with Gasteiger partial charge >= 0.3 is 0 Å². The van der Waals surface area contributed by atoms with Gasteiger partial charge in [0.25, 0.3) is 0 Å². The molecule has 34 heavy (non-hydrogen) atoms. The fourth-order valence-corrected chi connectivity index (χ4v) is 4.24. The number of nitrogens with two attached hydrogens (primary N) is 1. The number of halogens is 2. The molecule has 0 aliphatic rings. The number of hydrogen-bond donors (Lipinski definition) is 4. The minimum Gasteiger partial charge on any atom is -0.384 e. The molecule has 3 atom stereocenters. The van der Waals surface area contributed by atoms with E-state index >= 15 is 0 Å². The second-order valence-corrected chi connectivity index (χ2v) is 10.7. The maximum atomic E-state index is 13.1. The smallest absolute Gasteiger partial charge is 0.243 e. The molecule has 2 rings (SSSR count). The zero-order chi connectivity index (χ0) is 25.5. The van der Waals surface area contributed by atoms with E-state index in [1.165, 1.54) is 6.20 Å². The Morgan fingerprint density at radius 3 is 2.32 bits per heavy atom. The van der Waals surface area contributed by atoms with E-state index in [1.54, 1.807) is 37.3 Å². The van der Waals surface area contributed by atoms with Crippen LogP contribution < -0.4 is 21.1 Å². The molecule has 186 valence electrons. The number of hydrogen-bond acceptors (Lipinski definition) is 6. The van der Waals surface area contributed by atoms with Crippen LogP contribution in [0.2, 0.25) is 10.0 Å². The van der Waals surface area contributed by atoms with Crippen molar-refractivity contribution in [1.82, 2.24) is 20.3 Å². The van der Waals surface area contributed by atoms with E-state index in [4.69, 9.17) is 28.9 Å². The van der Waals surface area contributed by atoms with E-state index in [0.717, 1.165) is 11.8 Å². The van der Waals surface area contributed by atoms with Gasteiger partial charge in [-0.05, 0) is 35.2 Å². The van der Waals surface area contributed by atoms with E-state index < -0.39 is 33.9 Å². The fourth-order valence-electron chi connectivity index (χ4n) is 3.12. The number of carbonyl (C=O) groups excluding carboxylic acids is 2. The number of pyridine rings is 1. The second kappa shape index (κ2) is 12.3. The molecule has 9 nitrogen and oxygen atoms in total. The first-order chi connectivity index (χ1) is 15.9. The average molecular weight is 530 g/mol. The van der Waals surface area contributed by atoms with Gasteiger partial charge in [-0.1, -0.05) is 55.6 Å². The average Bonchev–Trinajstić information content (AvgIpc) is 2.77. The van der Waals surface area contributed by atoms with E-state index in [1.807, 2.05) is 6.92 Å². The van der Waals surface area contributed by atoms with Crippen LogP contribution in [0.5, 0.6) is 0 Å². The molecular weight excluding hydrogens is 501 g/mol. The molecule has 0 fully saturated rings. The molecule has 1 heterocycles. The van der Waals surface area contributed by atoms with Crippen LogP contribution in [0.1, 0.15) is 31.4 Å². The standard InChI is InChI=1S/C22H29Cl2N5O4S/c1-4-13(2)20(29-34(3,32)33)22(31)28-18(10-14-5-7-16(23)17(24)9-14)21(30)27-12-15-6-8-19(25)26-11-15/h5-9,11,13,18,20,29H,4,10,12H2,1-3H3,(H2,25,26)(H,27,30)(H,28,31)/t13?,18-,20+/m0/s1. The minimum atomic E-state index is -3.66. The Hall–Kier alpha value is -2.40. The van der Waals surface area contributed by atoms with Crippen molar-refractivity contribution in [2.45, 2.75) is 45.3 Å². The van der Waals surface area contributed by atoms with Crippen LogP contribution in [0.3, 0.4) is 0 Å². The van der Waals surface area contributed by atoms with Crippen molar-refractivity contribution in [3.05, 3.63) is 57.7 Å². The highest BCUT2D eigenvalue weighted by molar-refractivity contribution is 7.88. The van der Waals surface area contributed by atoms with Crippen molar-refractivity contribution in [3.63, 3.8) is 0 Å². The predicted octanol–water partition coefficient (Wildman–Crippen LogP) is 2.28. The second-order valence-electron chi connectivity index (χ2n) is 8.08. The Balaban J connectivity index is 2.24. The summed E-state index contributed by atoms with van der Waals surface area (Å²) in [6.45, 7) is 3.76. The number of amides is 2. The monoisotopic (exact) mass is 529 g/mol. The molecule has 0 saturated carbocycles. The molecule has 1 aromatic carbocycles. The van der Waals surface area contributed by atoms with Gasteiger partial charge in [0.05, 0.1) is 16.3 Å². The van der Waals surface area contributed by atoms with E-state index in [2.05, 4.69) is 20.3 Å². The van der Waals surface area contributed by atoms with Gasteiger partial charge in [-0.3, -0.25) is 9.59 Å². The lowest BCUT2D eigenvalue weighted by molar-refractivity contribution is -0.130.